The minimum Gasteiger partial charge on any atom is -0.309 e. The maximum atomic E-state index is 5.40. The summed E-state index contributed by atoms with van der Waals surface area (Å²) in [4.78, 5) is 16.2. The fraction of sp³-hybridized carbons (Fsp3) is 0. The van der Waals surface area contributed by atoms with Crippen LogP contribution in [0.5, 0.6) is 0 Å². The SMILES string of the molecule is c1ccc(-c2ccccc2-c2nc(-c3ccc(-n4c5ccccc5c5cc(-c6ccc7c(c6)c6ccccc6n7-c6ccccc6)ccc54)cc3)nc(-c3cccc(-n4c5ccccc5c5cc(-c6ccc7c(c6)c6ccccc6n7-c6ccccc6)ccc54)c3)n2)cc1. The van der Waals surface area contributed by atoms with E-state index in [1.54, 1.807) is 0 Å². The van der Waals surface area contributed by atoms with E-state index in [1.807, 2.05) is 0 Å². The van der Waals surface area contributed by atoms with Crippen molar-refractivity contribution >= 4 is 87.2 Å². The van der Waals surface area contributed by atoms with E-state index in [9.17, 15) is 0 Å². The fourth-order valence-corrected chi connectivity index (χ4v) is 14.7. The Kier molecular flexibility index (Phi) is 12.1. The molecule has 0 bridgehead atoms. The second kappa shape index (κ2) is 21.5. The van der Waals surface area contributed by atoms with E-state index in [0.717, 1.165) is 78.2 Å². The van der Waals surface area contributed by atoms with Crippen molar-refractivity contribution in [3.8, 4) is 90.3 Å². The number of aromatic nitrogens is 7. The first-order valence-electron chi connectivity index (χ1n) is 32.0. The summed E-state index contributed by atoms with van der Waals surface area (Å²) in [5.74, 6) is 1.77. The molecule has 0 spiro atoms. The molecule has 0 atom stereocenters. The molecular weight excluding hydrogens is 1140 g/mol. The molecule has 14 aromatic carbocycles. The van der Waals surface area contributed by atoms with Crippen LogP contribution in [0.25, 0.3) is 178 Å². The van der Waals surface area contributed by atoms with Crippen LogP contribution < -0.4 is 0 Å². The molecular formula is C87H55N7. The van der Waals surface area contributed by atoms with Crippen LogP contribution in [0.2, 0.25) is 0 Å². The number of fused-ring (bicyclic) bond motifs is 12. The molecule has 7 nitrogen and oxygen atoms in total. The molecule has 94 heavy (non-hydrogen) atoms. The van der Waals surface area contributed by atoms with Crippen molar-refractivity contribution in [2.24, 2.45) is 0 Å². The van der Waals surface area contributed by atoms with E-state index in [-0.39, 0.29) is 0 Å². The molecule has 5 aromatic heterocycles. The molecule has 0 unspecified atom stereocenters. The molecule has 0 aliphatic carbocycles. The first-order chi connectivity index (χ1) is 46.6. The first kappa shape index (κ1) is 53.2. The monoisotopic (exact) mass is 1200 g/mol. The molecule has 438 valence electrons. The van der Waals surface area contributed by atoms with Gasteiger partial charge in [0, 0.05) is 82.5 Å². The number of nitrogens with zero attached hydrogens (tertiary/aromatic N) is 7. The van der Waals surface area contributed by atoms with E-state index in [4.69, 9.17) is 15.0 Å². The van der Waals surface area contributed by atoms with Gasteiger partial charge in [-0.25, -0.2) is 15.0 Å². The van der Waals surface area contributed by atoms with Crippen molar-refractivity contribution in [3.05, 3.63) is 334 Å². The highest BCUT2D eigenvalue weighted by atomic mass is 15.0. The quantitative estimate of drug-likeness (QED) is 0.137. The summed E-state index contributed by atoms with van der Waals surface area (Å²) in [7, 11) is 0. The standard InChI is InChI=1S/C87H55N7/c1-4-21-56(22-5-1)67-29-10-11-34-72(67)87-89-85(57-39-45-65(46-40-57)93-79-37-18-14-32-70(79)75-54-60(43-49-83(75)93)58-41-47-81-73(52-58)68-30-12-16-35-77(68)91(81)63-24-6-2-7-25-63)88-86(90-87)62-23-20-28-66(51-62)94-80-38-19-15-33-71(80)76-55-61(44-50-84(76)94)59-42-48-82-74(53-59)69-31-13-17-36-78(69)92(82)64-26-8-3-9-27-64/h1-55H. The van der Waals surface area contributed by atoms with Crippen LogP contribution in [0.15, 0.2) is 334 Å². The van der Waals surface area contributed by atoms with Gasteiger partial charge in [0.25, 0.3) is 0 Å². The van der Waals surface area contributed by atoms with Crippen molar-refractivity contribution < 1.29 is 0 Å². The molecule has 0 N–H and O–H groups in total. The molecule has 0 aliphatic rings. The number of para-hydroxylation sites is 6. The number of rotatable bonds is 10. The minimum atomic E-state index is 0.583. The number of hydrogen-bond donors (Lipinski definition) is 0. The third-order valence-electron chi connectivity index (χ3n) is 19.0. The largest absolute Gasteiger partial charge is 0.309 e. The van der Waals surface area contributed by atoms with Gasteiger partial charge in [-0.3, -0.25) is 0 Å². The second-order valence-corrected chi connectivity index (χ2v) is 24.3. The molecule has 0 radical (unpaired) electrons. The predicted molar refractivity (Wildman–Crippen MR) is 390 cm³/mol. The highest BCUT2D eigenvalue weighted by molar-refractivity contribution is 6.15. The van der Waals surface area contributed by atoms with E-state index < -0.39 is 0 Å². The lowest BCUT2D eigenvalue weighted by molar-refractivity contribution is 1.07. The highest BCUT2D eigenvalue weighted by Crippen LogP contribution is 2.42. The van der Waals surface area contributed by atoms with Crippen LogP contribution in [0, 0.1) is 0 Å². The van der Waals surface area contributed by atoms with Crippen LogP contribution >= 0.6 is 0 Å². The van der Waals surface area contributed by atoms with Crippen molar-refractivity contribution in [1.29, 1.82) is 0 Å². The van der Waals surface area contributed by atoms with E-state index >= 15 is 0 Å². The molecule has 0 saturated heterocycles. The summed E-state index contributed by atoms with van der Waals surface area (Å²) in [5.41, 5.74) is 23.1. The Bertz CT molecular complexity index is 6210. The number of hydrogen-bond acceptors (Lipinski definition) is 3. The lowest BCUT2D eigenvalue weighted by Crippen LogP contribution is -2.02. The molecule has 19 aromatic rings. The summed E-state index contributed by atoms with van der Waals surface area (Å²) >= 11 is 0. The molecule has 0 amide bonds. The van der Waals surface area contributed by atoms with Crippen LogP contribution in [0.4, 0.5) is 0 Å². The smallest absolute Gasteiger partial charge is 0.164 e. The Morgan fingerprint density at radius 3 is 0.894 bits per heavy atom. The molecule has 0 saturated carbocycles. The topological polar surface area (TPSA) is 58.4 Å². The molecule has 0 aliphatic heterocycles. The highest BCUT2D eigenvalue weighted by Gasteiger charge is 2.22. The molecule has 7 heteroatoms. The third-order valence-corrected chi connectivity index (χ3v) is 19.0. The average molecular weight is 1200 g/mol. The Labute approximate surface area is 541 Å². The van der Waals surface area contributed by atoms with Gasteiger partial charge in [0.15, 0.2) is 17.5 Å². The van der Waals surface area contributed by atoms with Gasteiger partial charge in [0.2, 0.25) is 0 Å². The normalized spacial score (nSPS) is 11.8. The lowest BCUT2D eigenvalue weighted by atomic mass is 9.99. The summed E-state index contributed by atoms with van der Waals surface area (Å²) in [6.45, 7) is 0. The van der Waals surface area contributed by atoms with Crippen LogP contribution in [0.1, 0.15) is 0 Å². The van der Waals surface area contributed by atoms with E-state index in [0.29, 0.717) is 17.5 Å². The number of benzene rings is 14. The van der Waals surface area contributed by atoms with Crippen molar-refractivity contribution in [1.82, 2.24) is 33.2 Å². The van der Waals surface area contributed by atoms with E-state index in [2.05, 4.69) is 352 Å². The predicted octanol–water partition coefficient (Wildman–Crippen LogP) is 22.3. The van der Waals surface area contributed by atoms with Gasteiger partial charge >= 0.3 is 0 Å². The Hall–Kier alpha value is -12.7. The Morgan fingerprint density at radius 1 is 0.160 bits per heavy atom. The van der Waals surface area contributed by atoms with Gasteiger partial charge in [-0.1, -0.05) is 200 Å². The van der Waals surface area contributed by atoms with Crippen LogP contribution in [0.3, 0.4) is 0 Å². The maximum Gasteiger partial charge on any atom is 0.164 e. The zero-order valence-corrected chi connectivity index (χ0v) is 50.9. The third kappa shape index (κ3) is 8.56. The maximum absolute atomic E-state index is 5.40. The van der Waals surface area contributed by atoms with Gasteiger partial charge < -0.3 is 18.3 Å². The Morgan fingerprint density at radius 2 is 0.457 bits per heavy atom. The summed E-state index contributed by atoms with van der Waals surface area (Å²) in [6.07, 6.45) is 0. The van der Waals surface area contributed by atoms with Crippen molar-refractivity contribution in [2.45, 2.75) is 0 Å². The van der Waals surface area contributed by atoms with Gasteiger partial charge in [-0.15, -0.1) is 0 Å². The van der Waals surface area contributed by atoms with Gasteiger partial charge in [-0.05, 0) is 167 Å². The zero-order valence-electron chi connectivity index (χ0n) is 50.9. The van der Waals surface area contributed by atoms with Crippen LogP contribution in [-0.2, 0) is 0 Å². The summed E-state index contributed by atoms with van der Waals surface area (Å²) in [5, 5.41) is 9.68. The average Bonchev–Trinajstić information content (AvgIpc) is 1.61. The molecule has 5 heterocycles. The van der Waals surface area contributed by atoms with Crippen molar-refractivity contribution in [3.63, 3.8) is 0 Å². The second-order valence-electron chi connectivity index (χ2n) is 24.3. The molecule has 19 rings (SSSR count). The van der Waals surface area contributed by atoms with Gasteiger partial charge in [-0.2, -0.15) is 0 Å². The summed E-state index contributed by atoms with van der Waals surface area (Å²) < 4.78 is 9.50. The molecule has 0 fully saturated rings. The van der Waals surface area contributed by atoms with E-state index in [1.165, 1.54) is 81.8 Å². The summed E-state index contributed by atoms with van der Waals surface area (Å²) in [6, 6.07) is 120. The Balaban J connectivity index is 0.706. The van der Waals surface area contributed by atoms with Crippen LogP contribution in [-0.4, -0.2) is 33.2 Å². The first-order valence-corrected chi connectivity index (χ1v) is 32.0. The van der Waals surface area contributed by atoms with Gasteiger partial charge in [0.05, 0.1) is 44.1 Å². The minimum absolute atomic E-state index is 0.583. The fourth-order valence-electron chi connectivity index (χ4n) is 14.7. The zero-order chi connectivity index (χ0) is 61.8. The van der Waals surface area contributed by atoms with Gasteiger partial charge in [0.1, 0.15) is 0 Å². The van der Waals surface area contributed by atoms with Crippen molar-refractivity contribution in [2.75, 3.05) is 0 Å². The lowest BCUT2D eigenvalue weighted by Gasteiger charge is -2.14.